The molecule has 5 nitrogen and oxygen atoms in total. The minimum absolute atomic E-state index is 0.0546. The summed E-state index contributed by atoms with van der Waals surface area (Å²) in [6, 6.07) is 24.2. The van der Waals surface area contributed by atoms with E-state index in [4.69, 9.17) is 0 Å². The second-order valence-electron chi connectivity index (χ2n) is 8.98. The molecule has 3 aromatic carbocycles. The van der Waals surface area contributed by atoms with Gasteiger partial charge in [-0.15, -0.1) is 0 Å². The number of rotatable bonds is 8. The molecule has 6 heteroatoms. The lowest BCUT2D eigenvalue weighted by Gasteiger charge is -2.37. The maximum atomic E-state index is 15.0. The van der Waals surface area contributed by atoms with Crippen LogP contribution < -0.4 is 15.5 Å². The van der Waals surface area contributed by atoms with Gasteiger partial charge in [-0.2, -0.15) is 0 Å². The first kappa shape index (κ1) is 24.5. The molecule has 1 heterocycles. The molecule has 1 saturated heterocycles. The number of hydrogen-bond acceptors (Lipinski definition) is 3. The van der Waals surface area contributed by atoms with Gasteiger partial charge in [-0.1, -0.05) is 60.7 Å². The van der Waals surface area contributed by atoms with Gasteiger partial charge < -0.3 is 15.5 Å². The molecule has 182 valence electrons. The summed E-state index contributed by atoms with van der Waals surface area (Å²) in [6.45, 7) is 3.87. The molecule has 1 aliphatic heterocycles. The van der Waals surface area contributed by atoms with E-state index in [9.17, 15) is 9.59 Å². The minimum Gasteiger partial charge on any atom is -0.369 e. The second-order valence-corrected chi connectivity index (χ2v) is 8.98. The average Bonchev–Trinajstić information content (AvgIpc) is 2.86. The van der Waals surface area contributed by atoms with Crippen LogP contribution in [0.2, 0.25) is 0 Å². The summed E-state index contributed by atoms with van der Waals surface area (Å²) < 4.78 is 15.0. The highest BCUT2D eigenvalue weighted by molar-refractivity contribution is 5.92. The van der Waals surface area contributed by atoms with Gasteiger partial charge in [-0.05, 0) is 55.0 Å². The Balaban J connectivity index is 1.38. The van der Waals surface area contributed by atoms with Gasteiger partial charge in [0.2, 0.25) is 11.8 Å². The lowest BCUT2D eigenvalue weighted by atomic mass is 9.79. The van der Waals surface area contributed by atoms with Crippen molar-refractivity contribution in [2.45, 2.75) is 32.1 Å². The van der Waals surface area contributed by atoms with Gasteiger partial charge in [-0.3, -0.25) is 9.59 Å². The monoisotopic (exact) mass is 473 g/mol. The Labute approximate surface area is 206 Å². The summed E-state index contributed by atoms with van der Waals surface area (Å²) >= 11 is 0. The van der Waals surface area contributed by atoms with Crippen LogP contribution in [-0.4, -0.2) is 31.4 Å². The van der Waals surface area contributed by atoms with E-state index >= 15 is 4.39 Å². The van der Waals surface area contributed by atoms with Crippen LogP contribution in [0.5, 0.6) is 0 Å². The Hall–Kier alpha value is -3.67. The van der Waals surface area contributed by atoms with Crippen LogP contribution in [0.4, 0.5) is 15.8 Å². The second kappa shape index (κ2) is 11.6. The molecular weight excluding hydrogens is 441 g/mol. The van der Waals surface area contributed by atoms with Crippen molar-refractivity contribution in [2.24, 2.45) is 5.92 Å². The predicted molar refractivity (Wildman–Crippen MR) is 138 cm³/mol. The highest BCUT2D eigenvalue weighted by atomic mass is 19.1. The van der Waals surface area contributed by atoms with Crippen molar-refractivity contribution in [1.82, 2.24) is 5.32 Å². The molecular formula is C29H32FN3O2. The van der Waals surface area contributed by atoms with Gasteiger partial charge in [-0.25, -0.2) is 4.39 Å². The molecule has 3 aromatic rings. The van der Waals surface area contributed by atoms with Gasteiger partial charge in [0.05, 0.1) is 18.0 Å². The zero-order valence-electron chi connectivity index (χ0n) is 20.0. The van der Waals surface area contributed by atoms with E-state index < -0.39 is 0 Å². The summed E-state index contributed by atoms with van der Waals surface area (Å²) in [5, 5.41) is 5.77. The Morgan fingerprint density at radius 1 is 0.971 bits per heavy atom. The van der Waals surface area contributed by atoms with Crippen molar-refractivity contribution in [3.8, 4) is 0 Å². The van der Waals surface area contributed by atoms with E-state index in [1.54, 1.807) is 12.1 Å². The molecule has 1 fully saturated rings. The number of carbonyl (C=O) groups excluding carboxylic acids is 2. The maximum Gasteiger partial charge on any atom is 0.228 e. The standard InChI is InChI=1S/C29H32FN3O2/c1-2-31-29(35)28(22-11-7-4-8-12-22)23-15-17-33(18-16-23)26-14-13-24(20-25(26)30)32-27(34)19-21-9-5-3-6-10-21/h3-14,20,23,28H,2,15-19H2,1H3,(H,31,35)(H,32,34). The lowest BCUT2D eigenvalue weighted by molar-refractivity contribution is -0.124. The first-order valence-electron chi connectivity index (χ1n) is 12.3. The van der Waals surface area contributed by atoms with Crippen molar-refractivity contribution in [2.75, 3.05) is 29.9 Å². The first-order valence-corrected chi connectivity index (χ1v) is 12.3. The highest BCUT2D eigenvalue weighted by Gasteiger charge is 2.33. The van der Waals surface area contributed by atoms with E-state index in [-0.39, 0.29) is 35.9 Å². The summed E-state index contributed by atoms with van der Waals surface area (Å²) in [4.78, 5) is 27.2. The number of benzene rings is 3. The van der Waals surface area contributed by atoms with Gasteiger partial charge in [0.25, 0.3) is 0 Å². The van der Waals surface area contributed by atoms with Crippen molar-refractivity contribution in [1.29, 1.82) is 0 Å². The molecule has 0 bridgehead atoms. The van der Waals surface area contributed by atoms with Crippen LogP contribution >= 0.6 is 0 Å². The van der Waals surface area contributed by atoms with Crippen LogP contribution in [0.3, 0.4) is 0 Å². The third-order valence-electron chi connectivity index (χ3n) is 6.58. The molecule has 4 rings (SSSR count). The number of anilines is 2. The Morgan fingerprint density at radius 3 is 2.26 bits per heavy atom. The van der Waals surface area contributed by atoms with Crippen molar-refractivity contribution in [3.05, 3.63) is 95.8 Å². The number of hydrogen-bond donors (Lipinski definition) is 2. The van der Waals surface area contributed by atoms with E-state index in [0.29, 0.717) is 31.0 Å². The smallest absolute Gasteiger partial charge is 0.228 e. The molecule has 1 aliphatic rings. The molecule has 0 saturated carbocycles. The quantitative estimate of drug-likeness (QED) is 0.476. The normalized spacial score (nSPS) is 14.9. The number of carbonyl (C=O) groups is 2. The highest BCUT2D eigenvalue weighted by Crippen LogP contribution is 2.35. The van der Waals surface area contributed by atoms with E-state index in [2.05, 4.69) is 10.6 Å². The number of likely N-dealkylation sites (N-methyl/N-ethyl adjacent to an activating group) is 1. The molecule has 1 atom stereocenters. The van der Waals surface area contributed by atoms with Crippen LogP contribution in [0.25, 0.3) is 0 Å². The summed E-state index contributed by atoms with van der Waals surface area (Å²) in [5.41, 5.74) is 2.91. The fourth-order valence-electron chi connectivity index (χ4n) is 4.88. The van der Waals surface area contributed by atoms with Crippen LogP contribution in [-0.2, 0) is 16.0 Å². The number of nitrogens with zero attached hydrogens (tertiary/aromatic N) is 1. The average molecular weight is 474 g/mol. The van der Waals surface area contributed by atoms with E-state index in [1.807, 2.05) is 72.5 Å². The molecule has 2 N–H and O–H groups in total. The minimum atomic E-state index is -0.357. The Bertz CT molecular complexity index is 1130. The molecule has 0 aromatic heterocycles. The van der Waals surface area contributed by atoms with Crippen LogP contribution in [0.15, 0.2) is 78.9 Å². The fraction of sp³-hybridized carbons (Fsp3) is 0.310. The van der Waals surface area contributed by atoms with Crippen molar-refractivity contribution < 1.29 is 14.0 Å². The topological polar surface area (TPSA) is 61.4 Å². The Morgan fingerprint density at radius 2 is 1.63 bits per heavy atom. The third kappa shape index (κ3) is 6.27. The fourth-order valence-corrected chi connectivity index (χ4v) is 4.88. The summed E-state index contributed by atoms with van der Waals surface area (Å²) in [7, 11) is 0. The molecule has 2 amide bonds. The maximum absolute atomic E-state index is 15.0. The molecule has 1 unspecified atom stereocenters. The SMILES string of the molecule is CCNC(=O)C(c1ccccc1)C1CCN(c2ccc(NC(=O)Cc3ccccc3)cc2F)CC1. The van der Waals surface area contributed by atoms with Gasteiger partial charge in [0, 0.05) is 25.3 Å². The van der Waals surface area contributed by atoms with Crippen molar-refractivity contribution in [3.63, 3.8) is 0 Å². The lowest BCUT2D eigenvalue weighted by Crippen LogP contribution is -2.40. The molecule has 0 radical (unpaired) electrons. The summed E-state index contributed by atoms with van der Waals surface area (Å²) in [6.07, 6.45) is 1.84. The van der Waals surface area contributed by atoms with E-state index in [1.165, 1.54) is 6.07 Å². The first-order chi connectivity index (χ1) is 17.0. The third-order valence-corrected chi connectivity index (χ3v) is 6.58. The number of amides is 2. The van der Waals surface area contributed by atoms with Crippen LogP contribution in [0, 0.1) is 11.7 Å². The summed E-state index contributed by atoms with van der Waals surface area (Å²) in [5.74, 6) is -0.491. The Kier molecular flexibility index (Phi) is 8.14. The largest absolute Gasteiger partial charge is 0.369 e. The van der Waals surface area contributed by atoms with Gasteiger partial charge in [0.1, 0.15) is 5.82 Å². The van der Waals surface area contributed by atoms with Crippen LogP contribution in [0.1, 0.15) is 36.8 Å². The molecule has 35 heavy (non-hydrogen) atoms. The molecule has 0 spiro atoms. The molecule has 0 aliphatic carbocycles. The number of piperidine rings is 1. The number of nitrogens with one attached hydrogen (secondary N) is 2. The zero-order valence-corrected chi connectivity index (χ0v) is 20.0. The van der Waals surface area contributed by atoms with Crippen molar-refractivity contribution >= 4 is 23.2 Å². The van der Waals surface area contributed by atoms with E-state index in [0.717, 1.165) is 24.0 Å². The predicted octanol–water partition coefficient (Wildman–Crippen LogP) is 5.14. The number of halogens is 1. The van der Waals surface area contributed by atoms with Gasteiger partial charge >= 0.3 is 0 Å². The zero-order chi connectivity index (χ0) is 24.6. The van der Waals surface area contributed by atoms with Gasteiger partial charge in [0.15, 0.2) is 0 Å².